The zero-order valence-corrected chi connectivity index (χ0v) is 11.7. The van der Waals surface area contributed by atoms with E-state index >= 15 is 0 Å². The average molecular weight is 273 g/mol. The molecule has 2 aliphatic carbocycles. The van der Waals surface area contributed by atoms with E-state index in [4.69, 9.17) is 11.5 Å². The topological polar surface area (TPSA) is 81.1 Å². The maximum atomic E-state index is 11.2. The van der Waals surface area contributed by atoms with E-state index < -0.39 is 0 Å². The van der Waals surface area contributed by atoms with Crippen LogP contribution in [0.15, 0.2) is 24.3 Å². The first-order chi connectivity index (χ1) is 9.65. The first-order valence-corrected chi connectivity index (χ1v) is 7.55. The van der Waals surface area contributed by atoms with Crippen LogP contribution < -0.4 is 16.8 Å². The number of nitrogens with two attached hydrogens (primary N) is 2. The van der Waals surface area contributed by atoms with Crippen molar-refractivity contribution in [2.24, 2.45) is 17.4 Å². The van der Waals surface area contributed by atoms with Gasteiger partial charge in [0.15, 0.2) is 0 Å². The lowest BCUT2D eigenvalue weighted by Crippen LogP contribution is -2.38. The normalized spacial score (nSPS) is 32.9. The van der Waals surface area contributed by atoms with Crippen LogP contribution in [0.1, 0.15) is 55.3 Å². The Hall–Kier alpha value is -1.39. The van der Waals surface area contributed by atoms with Gasteiger partial charge in [0.1, 0.15) is 0 Å². The Balaban J connectivity index is 1.62. The third-order valence-corrected chi connectivity index (χ3v) is 4.83. The molecule has 1 aromatic rings. The van der Waals surface area contributed by atoms with Gasteiger partial charge in [-0.15, -0.1) is 0 Å². The van der Waals surface area contributed by atoms with E-state index in [0.29, 0.717) is 12.1 Å². The predicted molar refractivity (Wildman–Crippen MR) is 78.8 cm³/mol. The first kappa shape index (κ1) is 13.6. The number of amides is 1. The van der Waals surface area contributed by atoms with Crippen LogP contribution in [-0.4, -0.2) is 11.9 Å². The van der Waals surface area contributed by atoms with Crippen LogP contribution in [0.5, 0.6) is 0 Å². The average Bonchev–Trinajstić information content (AvgIpc) is 2.77. The summed E-state index contributed by atoms with van der Waals surface area (Å²) in [5, 5.41) is 3.73. The van der Waals surface area contributed by atoms with Crippen LogP contribution in [0.25, 0.3) is 0 Å². The molecule has 5 N–H and O–H groups in total. The third-order valence-electron chi connectivity index (χ3n) is 4.83. The molecule has 2 atom stereocenters. The summed E-state index contributed by atoms with van der Waals surface area (Å²) < 4.78 is 0. The summed E-state index contributed by atoms with van der Waals surface area (Å²) in [6.45, 7) is 0. The van der Waals surface area contributed by atoms with Gasteiger partial charge in [0.05, 0.1) is 0 Å². The summed E-state index contributed by atoms with van der Waals surface area (Å²) in [5.74, 6) is -0.0668. The number of fused-ring (bicyclic) bond motifs is 1. The standard InChI is InChI=1S/C16H23N3O/c17-14-9-15(13-4-2-1-3-12(13)14)19-11-7-5-10(6-8-11)16(18)20/h1-4,10-11,14-15,19H,5-9,17H2,(H2,18,20). The Bertz CT molecular complexity index is 494. The fourth-order valence-corrected chi connectivity index (χ4v) is 3.66. The van der Waals surface area contributed by atoms with Crippen molar-refractivity contribution in [2.75, 3.05) is 0 Å². The highest BCUT2D eigenvalue weighted by atomic mass is 16.1. The SMILES string of the molecule is NC(=O)C1CCC(NC2CC(N)c3ccccc32)CC1. The van der Waals surface area contributed by atoms with Crippen LogP contribution in [0.4, 0.5) is 0 Å². The van der Waals surface area contributed by atoms with E-state index in [2.05, 4.69) is 29.6 Å². The van der Waals surface area contributed by atoms with Crippen molar-refractivity contribution in [1.82, 2.24) is 5.32 Å². The molecule has 1 amide bonds. The summed E-state index contributed by atoms with van der Waals surface area (Å²) in [7, 11) is 0. The minimum atomic E-state index is -0.142. The molecular formula is C16H23N3O. The summed E-state index contributed by atoms with van der Waals surface area (Å²) in [6, 6.07) is 9.42. The van der Waals surface area contributed by atoms with E-state index in [1.165, 1.54) is 11.1 Å². The molecule has 1 aromatic carbocycles. The van der Waals surface area contributed by atoms with Gasteiger partial charge >= 0.3 is 0 Å². The summed E-state index contributed by atoms with van der Waals surface area (Å²) in [6.07, 6.45) is 4.85. The number of hydrogen-bond donors (Lipinski definition) is 3. The highest BCUT2D eigenvalue weighted by molar-refractivity contribution is 5.76. The molecule has 1 saturated carbocycles. The van der Waals surface area contributed by atoms with Crippen molar-refractivity contribution in [3.05, 3.63) is 35.4 Å². The zero-order chi connectivity index (χ0) is 14.1. The van der Waals surface area contributed by atoms with Crippen LogP contribution in [-0.2, 0) is 4.79 Å². The molecular weight excluding hydrogens is 250 g/mol. The minimum Gasteiger partial charge on any atom is -0.369 e. The number of hydrogen-bond acceptors (Lipinski definition) is 3. The first-order valence-electron chi connectivity index (χ1n) is 7.55. The maximum absolute atomic E-state index is 11.2. The second-order valence-electron chi connectivity index (χ2n) is 6.14. The van der Waals surface area contributed by atoms with E-state index in [9.17, 15) is 4.79 Å². The van der Waals surface area contributed by atoms with Crippen molar-refractivity contribution in [3.8, 4) is 0 Å². The highest BCUT2D eigenvalue weighted by Crippen LogP contribution is 2.38. The Morgan fingerprint density at radius 2 is 1.75 bits per heavy atom. The molecule has 0 aliphatic heterocycles. The largest absolute Gasteiger partial charge is 0.369 e. The molecule has 4 heteroatoms. The van der Waals surface area contributed by atoms with Gasteiger partial charge in [0.25, 0.3) is 0 Å². The Morgan fingerprint density at radius 3 is 2.40 bits per heavy atom. The van der Waals surface area contributed by atoms with Gasteiger partial charge in [-0.2, -0.15) is 0 Å². The zero-order valence-electron chi connectivity index (χ0n) is 11.7. The summed E-state index contributed by atoms with van der Waals surface area (Å²) in [5.41, 5.74) is 14.2. The quantitative estimate of drug-likeness (QED) is 0.785. The molecule has 2 aliphatic rings. The van der Waals surface area contributed by atoms with Gasteiger partial charge in [-0.05, 0) is 43.2 Å². The van der Waals surface area contributed by atoms with Crippen LogP contribution in [0.3, 0.4) is 0 Å². The Kier molecular flexibility index (Phi) is 3.76. The van der Waals surface area contributed by atoms with Crippen molar-refractivity contribution >= 4 is 5.91 Å². The van der Waals surface area contributed by atoms with Crippen LogP contribution >= 0.6 is 0 Å². The van der Waals surface area contributed by atoms with Crippen LogP contribution in [0.2, 0.25) is 0 Å². The van der Waals surface area contributed by atoms with Crippen molar-refractivity contribution in [1.29, 1.82) is 0 Å². The number of nitrogens with one attached hydrogen (secondary N) is 1. The third kappa shape index (κ3) is 2.58. The molecule has 0 heterocycles. The van der Waals surface area contributed by atoms with Gasteiger partial charge in [-0.25, -0.2) is 0 Å². The lowest BCUT2D eigenvalue weighted by Gasteiger charge is -2.30. The van der Waals surface area contributed by atoms with Gasteiger partial charge in [0, 0.05) is 24.0 Å². The number of primary amides is 1. The fraction of sp³-hybridized carbons (Fsp3) is 0.562. The van der Waals surface area contributed by atoms with Crippen molar-refractivity contribution in [2.45, 2.75) is 50.2 Å². The second-order valence-corrected chi connectivity index (χ2v) is 6.14. The summed E-state index contributed by atoms with van der Waals surface area (Å²) >= 11 is 0. The van der Waals surface area contributed by atoms with Gasteiger partial charge in [-0.1, -0.05) is 24.3 Å². The molecule has 2 unspecified atom stereocenters. The molecule has 0 bridgehead atoms. The highest BCUT2D eigenvalue weighted by Gasteiger charge is 2.31. The van der Waals surface area contributed by atoms with E-state index in [1.807, 2.05) is 0 Å². The molecule has 4 nitrogen and oxygen atoms in total. The molecule has 108 valence electrons. The number of carbonyl (C=O) groups excluding carboxylic acids is 1. The molecule has 0 spiro atoms. The number of benzene rings is 1. The summed E-state index contributed by atoms with van der Waals surface area (Å²) in [4.78, 5) is 11.2. The van der Waals surface area contributed by atoms with E-state index in [-0.39, 0.29) is 17.9 Å². The van der Waals surface area contributed by atoms with E-state index in [0.717, 1.165) is 32.1 Å². The van der Waals surface area contributed by atoms with Crippen molar-refractivity contribution in [3.63, 3.8) is 0 Å². The fourth-order valence-electron chi connectivity index (χ4n) is 3.66. The lowest BCUT2D eigenvalue weighted by atomic mass is 9.85. The van der Waals surface area contributed by atoms with Crippen molar-refractivity contribution < 1.29 is 4.79 Å². The molecule has 0 saturated heterocycles. The molecule has 3 rings (SSSR count). The molecule has 0 aromatic heterocycles. The maximum Gasteiger partial charge on any atom is 0.220 e. The number of carbonyl (C=O) groups is 1. The lowest BCUT2D eigenvalue weighted by molar-refractivity contribution is -0.122. The smallest absolute Gasteiger partial charge is 0.220 e. The Morgan fingerprint density at radius 1 is 1.10 bits per heavy atom. The van der Waals surface area contributed by atoms with Gasteiger partial charge < -0.3 is 16.8 Å². The molecule has 0 radical (unpaired) electrons. The number of rotatable bonds is 3. The Labute approximate surface area is 119 Å². The predicted octanol–water partition coefficient (Wildman–Crippen LogP) is 1.76. The minimum absolute atomic E-state index is 0.0752. The van der Waals surface area contributed by atoms with Gasteiger partial charge in [0.2, 0.25) is 5.91 Å². The van der Waals surface area contributed by atoms with E-state index in [1.54, 1.807) is 0 Å². The van der Waals surface area contributed by atoms with Gasteiger partial charge in [-0.3, -0.25) is 4.79 Å². The monoisotopic (exact) mass is 273 g/mol. The second kappa shape index (κ2) is 5.54. The van der Waals surface area contributed by atoms with Crippen LogP contribution in [0, 0.1) is 5.92 Å². The molecule has 20 heavy (non-hydrogen) atoms. The molecule has 1 fully saturated rings.